The molecule has 0 heterocycles. The Balaban J connectivity index is 0. The molecule has 0 bridgehead atoms. The van der Waals surface area contributed by atoms with Crippen molar-refractivity contribution in [3.8, 4) is 24.3 Å². The molecule has 2 aromatic rings. The van der Waals surface area contributed by atoms with Crippen LogP contribution < -0.4 is 0 Å². The van der Waals surface area contributed by atoms with Crippen molar-refractivity contribution in [2.24, 2.45) is 0 Å². The van der Waals surface area contributed by atoms with Crippen LogP contribution in [0.5, 0.6) is 0 Å². The summed E-state index contributed by atoms with van der Waals surface area (Å²) in [4.78, 5) is 1.53. The van der Waals surface area contributed by atoms with E-state index in [1.54, 1.807) is 24.3 Å². The molecule has 0 fully saturated rings. The first kappa shape index (κ1) is 29.0. The number of rotatable bonds is 4. The van der Waals surface area contributed by atoms with Gasteiger partial charge in [0.2, 0.25) is 0 Å². The average Bonchev–Trinajstić information content (AvgIpc) is 2.84. The van der Waals surface area contributed by atoms with Crippen LogP contribution in [-0.4, -0.2) is 0 Å². The molecule has 0 aliphatic rings. The Labute approximate surface area is 188 Å². The molecule has 0 N–H and O–H groups in total. The zero-order valence-corrected chi connectivity index (χ0v) is 19.5. The number of unbranched alkanes of at least 4 members (excludes halogenated alkanes) is 1. The Morgan fingerprint density at radius 2 is 0.833 bits per heavy atom. The quantitative estimate of drug-likeness (QED) is 0.363. The van der Waals surface area contributed by atoms with Crippen LogP contribution in [0.2, 0.25) is 0 Å². The normalized spacial score (nSPS) is 8.00. The molecule has 0 radical (unpaired) electrons. The van der Waals surface area contributed by atoms with Gasteiger partial charge in [-0.1, -0.05) is 62.1 Å². The maximum atomic E-state index is 8.96. The number of benzene rings is 2. The van der Waals surface area contributed by atoms with Crippen LogP contribution in [0.15, 0.2) is 59.3 Å². The van der Waals surface area contributed by atoms with Crippen LogP contribution in [-0.2, 0) is 0 Å². The minimum Gasteiger partial charge on any atom is -0.192 e. The molecule has 0 saturated heterocycles. The lowest BCUT2D eigenvalue weighted by molar-refractivity contribution is 0.886. The number of hydrogen-bond donors (Lipinski definition) is 0. The fourth-order valence-electron chi connectivity index (χ4n) is 1.65. The van der Waals surface area contributed by atoms with Gasteiger partial charge in [-0.25, -0.2) is 0 Å². The van der Waals surface area contributed by atoms with Crippen molar-refractivity contribution in [3.05, 3.63) is 71.8 Å². The SMILES string of the molecule is C=C.CC.CCCC.N#Cc1cc(C#N)cc(SSc2cc(C#N)cc(C#N)c2)c1. The van der Waals surface area contributed by atoms with Gasteiger partial charge in [0.05, 0.1) is 46.5 Å². The summed E-state index contributed by atoms with van der Waals surface area (Å²) < 4.78 is 0. The van der Waals surface area contributed by atoms with Crippen LogP contribution in [0.4, 0.5) is 0 Å². The first-order chi connectivity index (χ1) is 14.6. The lowest BCUT2D eigenvalue weighted by Gasteiger charge is -2.04. The molecule has 154 valence electrons. The fraction of sp³-hybridized carbons (Fsp3) is 0.250. The smallest absolute Gasteiger partial charge is 0.0992 e. The second kappa shape index (κ2) is 19.2. The second-order valence-corrected chi connectivity index (χ2v) is 7.38. The largest absolute Gasteiger partial charge is 0.192 e. The predicted molar refractivity (Wildman–Crippen MR) is 127 cm³/mol. The van der Waals surface area contributed by atoms with E-state index >= 15 is 0 Å². The van der Waals surface area contributed by atoms with Crippen molar-refractivity contribution in [1.82, 2.24) is 0 Å². The highest BCUT2D eigenvalue weighted by Crippen LogP contribution is 2.38. The van der Waals surface area contributed by atoms with Gasteiger partial charge in [0, 0.05) is 9.79 Å². The van der Waals surface area contributed by atoms with Crippen molar-refractivity contribution >= 4 is 21.6 Å². The first-order valence-corrected chi connectivity index (χ1v) is 11.5. The molecule has 0 unspecified atom stereocenters. The third-order valence-electron chi connectivity index (χ3n) is 3.06. The molecule has 0 aromatic heterocycles. The van der Waals surface area contributed by atoms with Crippen molar-refractivity contribution in [2.75, 3.05) is 0 Å². The van der Waals surface area contributed by atoms with E-state index in [0.29, 0.717) is 22.3 Å². The summed E-state index contributed by atoms with van der Waals surface area (Å²) in [6, 6.07) is 17.9. The van der Waals surface area contributed by atoms with Gasteiger partial charge in [0.25, 0.3) is 0 Å². The minimum absolute atomic E-state index is 0.422. The van der Waals surface area contributed by atoms with Crippen LogP contribution in [0.25, 0.3) is 0 Å². The van der Waals surface area contributed by atoms with E-state index in [4.69, 9.17) is 21.0 Å². The van der Waals surface area contributed by atoms with Crippen molar-refractivity contribution in [3.63, 3.8) is 0 Å². The van der Waals surface area contributed by atoms with Gasteiger partial charge in [-0.3, -0.25) is 0 Å². The van der Waals surface area contributed by atoms with Crippen molar-refractivity contribution in [1.29, 1.82) is 21.0 Å². The van der Waals surface area contributed by atoms with E-state index in [1.165, 1.54) is 46.6 Å². The fourth-order valence-corrected chi connectivity index (χ4v) is 3.70. The molecule has 6 heteroatoms. The highest BCUT2D eigenvalue weighted by atomic mass is 33.1. The summed E-state index contributed by atoms with van der Waals surface area (Å²) in [7, 11) is 2.73. The number of hydrogen-bond acceptors (Lipinski definition) is 6. The van der Waals surface area contributed by atoms with Gasteiger partial charge in [-0.2, -0.15) is 21.0 Å². The third-order valence-corrected chi connectivity index (χ3v) is 5.41. The molecule has 0 aliphatic heterocycles. The summed E-state index contributed by atoms with van der Waals surface area (Å²) in [5.74, 6) is 0. The van der Waals surface area contributed by atoms with E-state index in [9.17, 15) is 0 Å². The predicted octanol–water partition coefficient (Wildman–Crippen LogP) is 7.61. The summed E-state index contributed by atoms with van der Waals surface area (Å²) >= 11 is 0. The molecule has 2 rings (SSSR count). The highest BCUT2D eigenvalue weighted by molar-refractivity contribution is 8.76. The van der Waals surface area contributed by atoms with E-state index in [-0.39, 0.29) is 0 Å². The van der Waals surface area contributed by atoms with E-state index in [0.717, 1.165) is 9.79 Å². The van der Waals surface area contributed by atoms with Crippen LogP contribution >= 0.6 is 21.6 Å². The average molecular weight is 435 g/mol. The van der Waals surface area contributed by atoms with Crippen molar-refractivity contribution in [2.45, 2.75) is 50.3 Å². The third kappa shape index (κ3) is 11.6. The van der Waals surface area contributed by atoms with Gasteiger partial charge in [0.15, 0.2) is 0 Å². The molecular weight excluding hydrogens is 408 g/mol. The molecule has 0 aliphatic carbocycles. The molecule has 0 atom stereocenters. The Kier molecular flexibility index (Phi) is 18.6. The van der Waals surface area contributed by atoms with Crippen molar-refractivity contribution < 1.29 is 0 Å². The van der Waals surface area contributed by atoms with Gasteiger partial charge < -0.3 is 0 Å². The standard InChI is InChI=1S/C16H6N4S2.C4H10.C2H6.C2H4/c17-7-11-1-12(8-18)4-15(3-11)21-22-16-5-13(9-19)2-14(6-16)10-20;1-3-4-2;2*1-2/h1-6H;3-4H2,1-2H3;1-2H3;1-2H2. The lowest BCUT2D eigenvalue weighted by atomic mass is 10.1. The van der Waals surface area contributed by atoms with Gasteiger partial charge in [-0.15, -0.1) is 13.2 Å². The van der Waals surface area contributed by atoms with E-state index < -0.39 is 0 Å². The zero-order valence-electron chi connectivity index (χ0n) is 17.9. The summed E-state index contributed by atoms with van der Waals surface area (Å²) in [5, 5.41) is 35.8. The number of nitriles is 4. The molecule has 30 heavy (non-hydrogen) atoms. The lowest BCUT2D eigenvalue weighted by Crippen LogP contribution is -1.82. The second-order valence-electron chi connectivity index (χ2n) is 5.11. The Morgan fingerprint density at radius 3 is 1.00 bits per heavy atom. The molecule has 0 spiro atoms. The molecule has 0 amide bonds. The molecule has 0 saturated carbocycles. The molecule has 4 nitrogen and oxygen atoms in total. The first-order valence-electron chi connectivity index (χ1n) is 9.35. The Morgan fingerprint density at radius 1 is 0.600 bits per heavy atom. The van der Waals surface area contributed by atoms with Gasteiger partial charge >= 0.3 is 0 Å². The Bertz CT molecular complexity index is 800. The highest BCUT2D eigenvalue weighted by Gasteiger charge is 2.05. The topological polar surface area (TPSA) is 95.2 Å². The van der Waals surface area contributed by atoms with Gasteiger partial charge in [-0.05, 0) is 36.4 Å². The van der Waals surface area contributed by atoms with Crippen LogP contribution in [0, 0.1) is 45.3 Å². The monoisotopic (exact) mass is 434 g/mol. The van der Waals surface area contributed by atoms with Gasteiger partial charge in [0.1, 0.15) is 0 Å². The summed E-state index contributed by atoms with van der Waals surface area (Å²) in [6.45, 7) is 14.4. The summed E-state index contributed by atoms with van der Waals surface area (Å²) in [6.07, 6.45) is 2.64. The zero-order chi connectivity index (χ0) is 23.4. The maximum Gasteiger partial charge on any atom is 0.0992 e. The maximum absolute atomic E-state index is 8.96. The van der Waals surface area contributed by atoms with Crippen LogP contribution in [0.3, 0.4) is 0 Å². The molecular formula is C24H26N4S2. The van der Waals surface area contributed by atoms with E-state index in [1.807, 2.05) is 38.1 Å². The summed E-state index contributed by atoms with van der Waals surface area (Å²) in [5.41, 5.74) is 1.69. The molecule has 2 aromatic carbocycles. The number of nitrogens with zero attached hydrogens (tertiary/aromatic N) is 4. The van der Waals surface area contributed by atoms with E-state index in [2.05, 4.69) is 27.0 Å². The Hall–Kier alpha value is -3.16. The van der Waals surface area contributed by atoms with Crippen LogP contribution in [0.1, 0.15) is 62.8 Å². The minimum atomic E-state index is 0.422.